The maximum absolute atomic E-state index is 12.3. The zero-order valence-corrected chi connectivity index (χ0v) is 14.9. The fraction of sp³-hybridized carbons (Fsp3) is 0.143. The first-order chi connectivity index (χ1) is 13.2. The molecule has 0 heterocycles. The summed E-state index contributed by atoms with van der Waals surface area (Å²) in [4.78, 5) is 12.3. The normalized spacial score (nSPS) is 10.9. The molecule has 0 atom stereocenters. The minimum Gasteiger partial charge on any atom is -0.490 e. The van der Waals surface area contributed by atoms with Crippen LogP contribution in [0.4, 0.5) is 5.69 Å². The molecule has 2 N–H and O–H groups in total. The first kappa shape index (κ1) is 18.3. The Morgan fingerprint density at radius 1 is 1.07 bits per heavy atom. The molecule has 0 bridgehead atoms. The van der Waals surface area contributed by atoms with Crippen LogP contribution in [0.25, 0.3) is 10.8 Å². The smallest absolute Gasteiger partial charge is 0.262 e. The Morgan fingerprint density at radius 2 is 1.89 bits per heavy atom. The van der Waals surface area contributed by atoms with Crippen molar-refractivity contribution in [1.29, 1.82) is 0 Å². The average molecular weight is 364 g/mol. The van der Waals surface area contributed by atoms with Crippen LogP contribution < -0.4 is 14.8 Å². The van der Waals surface area contributed by atoms with E-state index in [0.717, 1.165) is 16.5 Å². The molecule has 1 amide bonds. The summed E-state index contributed by atoms with van der Waals surface area (Å²) < 4.78 is 11.2. The van der Waals surface area contributed by atoms with Gasteiger partial charge in [0.05, 0.1) is 12.8 Å². The molecule has 0 saturated heterocycles. The second-order valence-corrected chi connectivity index (χ2v) is 5.75. The van der Waals surface area contributed by atoms with E-state index in [-0.39, 0.29) is 12.5 Å². The number of hydrogen-bond donors (Lipinski definition) is 2. The van der Waals surface area contributed by atoms with Crippen molar-refractivity contribution in [3.63, 3.8) is 0 Å². The Hall–Kier alpha value is -3.54. The van der Waals surface area contributed by atoms with E-state index >= 15 is 0 Å². The van der Waals surface area contributed by atoms with Gasteiger partial charge in [0.2, 0.25) is 0 Å². The number of carbonyl (C=O) groups excluding carboxylic acids is 1. The van der Waals surface area contributed by atoms with Gasteiger partial charge >= 0.3 is 0 Å². The predicted molar refractivity (Wildman–Crippen MR) is 105 cm³/mol. The fourth-order valence-corrected chi connectivity index (χ4v) is 2.72. The standard InChI is InChI=1S/C21H20N2O4/c1-2-26-20-12-15(13-22-25)10-11-19(20)27-14-21(24)23-18-9-5-7-16-6-3-4-8-17(16)18/h3-13,25H,2,14H2,1H3,(H,23,24). The van der Waals surface area contributed by atoms with E-state index in [4.69, 9.17) is 14.7 Å². The van der Waals surface area contributed by atoms with Crippen LogP contribution in [0.15, 0.2) is 65.8 Å². The van der Waals surface area contributed by atoms with Crippen molar-refractivity contribution < 1.29 is 19.5 Å². The van der Waals surface area contributed by atoms with E-state index in [1.165, 1.54) is 6.21 Å². The van der Waals surface area contributed by atoms with E-state index < -0.39 is 0 Å². The van der Waals surface area contributed by atoms with Crippen LogP contribution >= 0.6 is 0 Å². The zero-order chi connectivity index (χ0) is 19.1. The summed E-state index contributed by atoms with van der Waals surface area (Å²) in [5, 5.41) is 16.5. The van der Waals surface area contributed by atoms with Gasteiger partial charge in [-0.1, -0.05) is 41.6 Å². The van der Waals surface area contributed by atoms with Crippen LogP contribution in [-0.2, 0) is 4.79 Å². The highest BCUT2D eigenvalue weighted by Gasteiger charge is 2.10. The minimum atomic E-state index is -0.269. The number of nitrogens with one attached hydrogen (secondary N) is 1. The van der Waals surface area contributed by atoms with Crippen molar-refractivity contribution >= 4 is 28.6 Å². The Morgan fingerprint density at radius 3 is 2.70 bits per heavy atom. The monoisotopic (exact) mass is 364 g/mol. The molecule has 0 unspecified atom stereocenters. The Kier molecular flexibility index (Phi) is 5.89. The third-order valence-corrected chi connectivity index (χ3v) is 3.90. The molecule has 27 heavy (non-hydrogen) atoms. The number of amides is 1. The Balaban J connectivity index is 1.70. The fourth-order valence-electron chi connectivity index (χ4n) is 2.72. The van der Waals surface area contributed by atoms with Gasteiger partial charge in [0.1, 0.15) is 0 Å². The molecular formula is C21H20N2O4. The van der Waals surface area contributed by atoms with Crippen molar-refractivity contribution in [3.05, 3.63) is 66.2 Å². The summed E-state index contributed by atoms with van der Waals surface area (Å²) in [5.41, 5.74) is 1.40. The molecule has 6 heteroatoms. The van der Waals surface area contributed by atoms with Crippen LogP contribution in [0.3, 0.4) is 0 Å². The van der Waals surface area contributed by atoms with Gasteiger partial charge in [0.25, 0.3) is 5.91 Å². The van der Waals surface area contributed by atoms with Crippen molar-refractivity contribution in [2.24, 2.45) is 5.16 Å². The van der Waals surface area contributed by atoms with Gasteiger partial charge < -0.3 is 20.0 Å². The van der Waals surface area contributed by atoms with Crippen molar-refractivity contribution in [2.45, 2.75) is 6.92 Å². The first-order valence-electron chi connectivity index (χ1n) is 8.56. The van der Waals surface area contributed by atoms with Crippen LogP contribution in [-0.4, -0.2) is 30.5 Å². The van der Waals surface area contributed by atoms with E-state index in [1.54, 1.807) is 18.2 Å². The average Bonchev–Trinajstić information content (AvgIpc) is 2.68. The number of rotatable bonds is 7. The van der Waals surface area contributed by atoms with Gasteiger partial charge in [-0.3, -0.25) is 4.79 Å². The van der Waals surface area contributed by atoms with Gasteiger partial charge in [-0.2, -0.15) is 0 Å². The van der Waals surface area contributed by atoms with E-state index in [1.807, 2.05) is 49.4 Å². The largest absolute Gasteiger partial charge is 0.490 e. The third kappa shape index (κ3) is 4.55. The van der Waals surface area contributed by atoms with Gasteiger partial charge in [-0.15, -0.1) is 0 Å². The number of fused-ring (bicyclic) bond motifs is 1. The summed E-state index contributed by atoms with van der Waals surface area (Å²) in [6, 6.07) is 18.6. The second-order valence-electron chi connectivity index (χ2n) is 5.75. The zero-order valence-electron chi connectivity index (χ0n) is 14.9. The number of anilines is 1. The molecule has 3 aromatic carbocycles. The van der Waals surface area contributed by atoms with Gasteiger partial charge in [-0.05, 0) is 36.6 Å². The molecular weight excluding hydrogens is 344 g/mol. The molecule has 3 rings (SSSR count). The summed E-state index contributed by atoms with van der Waals surface area (Å²) in [6.07, 6.45) is 1.29. The van der Waals surface area contributed by atoms with E-state index in [2.05, 4.69) is 10.5 Å². The van der Waals surface area contributed by atoms with Gasteiger partial charge in [-0.25, -0.2) is 0 Å². The predicted octanol–water partition coefficient (Wildman–Crippen LogP) is 4.06. The van der Waals surface area contributed by atoms with Crippen LogP contribution in [0.2, 0.25) is 0 Å². The lowest BCUT2D eigenvalue weighted by atomic mass is 10.1. The van der Waals surface area contributed by atoms with Crippen molar-refractivity contribution in [3.8, 4) is 11.5 Å². The number of carbonyl (C=O) groups is 1. The van der Waals surface area contributed by atoms with E-state index in [0.29, 0.717) is 23.7 Å². The third-order valence-electron chi connectivity index (χ3n) is 3.90. The van der Waals surface area contributed by atoms with Crippen LogP contribution in [0.5, 0.6) is 11.5 Å². The number of ether oxygens (including phenoxy) is 2. The minimum absolute atomic E-state index is 0.156. The van der Waals surface area contributed by atoms with Crippen molar-refractivity contribution in [1.82, 2.24) is 0 Å². The quantitative estimate of drug-likeness (QED) is 0.376. The summed E-state index contributed by atoms with van der Waals surface area (Å²) in [5.74, 6) is 0.655. The highest BCUT2D eigenvalue weighted by atomic mass is 16.5. The van der Waals surface area contributed by atoms with Gasteiger partial charge in [0.15, 0.2) is 18.1 Å². The van der Waals surface area contributed by atoms with Crippen LogP contribution in [0.1, 0.15) is 12.5 Å². The summed E-state index contributed by atoms with van der Waals surface area (Å²) >= 11 is 0. The number of nitrogens with zero attached hydrogens (tertiary/aromatic N) is 1. The molecule has 0 fully saturated rings. The highest BCUT2D eigenvalue weighted by molar-refractivity contribution is 6.02. The summed E-state index contributed by atoms with van der Waals surface area (Å²) in [7, 11) is 0. The lowest BCUT2D eigenvalue weighted by molar-refractivity contribution is -0.118. The van der Waals surface area contributed by atoms with Crippen molar-refractivity contribution in [2.75, 3.05) is 18.5 Å². The van der Waals surface area contributed by atoms with E-state index in [9.17, 15) is 4.79 Å². The lowest BCUT2D eigenvalue weighted by Gasteiger charge is -2.13. The highest BCUT2D eigenvalue weighted by Crippen LogP contribution is 2.28. The molecule has 0 aromatic heterocycles. The molecule has 0 aliphatic carbocycles. The Bertz CT molecular complexity index is 964. The molecule has 0 radical (unpaired) electrons. The summed E-state index contributed by atoms with van der Waals surface area (Å²) in [6.45, 7) is 2.14. The number of oxime groups is 1. The number of hydrogen-bond acceptors (Lipinski definition) is 5. The number of benzene rings is 3. The molecule has 138 valence electrons. The second kappa shape index (κ2) is 8.71. The molecule has 0 aliphatic heterocycles. The maximum Gasteiger partial charge on any atom is 0.262 e. The molecule has 0 saturated carbocycles. The molecule has 0 aliphatic rings. The lowest BCUT2D eigenvalue weighted by Crippen LogP contribution is -2.20. The molecule has 3 aromatic rings. The van der Waals surface area contributed by atoms with Crippen LogP contribution in [0, 0.1) is 0 Å². The first-order valence-corrected chi connectivity index (χ1v) is 8.56. The SMILES string of the molecule is CCOc1cc(C=NO)ccc1OCC(=O)Nc1cccc2ccccc12. The maximum atomic E-state index is 12.3. The topological polar surface area (TPSA) is 80.2 Å². The molecule has 6 nitrogen and oxygen atoms in total. The molecule has 0 spiro atoms. The van der Waals surface area contributed by atoms with Gasteiger partial charge in [0, 0.05) is 16.6 Å². The Labute approximate surface area is 157 Å².